The van der Waals surface area contributed by atoms with Crippen molar-refractivity contribution in [2.75, 3.05) is 0 Å². The Labute approximate surface area is 91.6 Å². The predicted octanol–water partition coefficient (Wildman–Crippen LogP) is 4.77. The van der Waals surface area contributed by atoms with Crippen molar-refractivity contribution in [2.24, 2.45) is 11.8 Å². The first-order valence-corrected chi connectivity index (χ1v) is 6.81. The summed E-state index contributed by atoms with van der Waals surface area (Å²) in [6, 6.07) is 0. The second-order valence-corrected chi connectivity index (χ2v) is 5.74. The summed E-state index contributed by atoms with van der Waals surface area (Å²) in [5.41, 5.74) is 0. The number of halogens is 1. The molecule has 0 nitrogen and oxygen atoms in total. The second kappa shape index (κ2) is 6.06. The van der Waals surface area contributed by atoms with E-state index in [0.29, 0.717) is 0 Å². The molecule has 0 bridgehead atoms. The van der Waals surface area contributed by atoms with E-state index in [1.807, 2.05) is 0 Å². The van der Waals surface area contributed by atoms with Crippen LogP contribution in [0.15, 0.2) is 0 Å². The lowest BCUT2D eigenvalue weighted by atomic mass is 9.79. The molecule has 0 amide bonds. The minimum Gasteiger partial charge on any atom is -0.0888 e. The minimum absolute atomic E-state index is 0.764. The monoisotopic (exact) mass is 246 g/mol. The van der Waals surface area contributed by atoms with Gasteiger partial charge >= 0.3 is 0 Å². The van der Waals surface area contributed by atoms with E-state index in [2.05, 4.69) is 29.8 Å². The summed E-state index contributed by atoms with van der Waals surface area (Å²) in [4.78, 5) is 0.764. The molecule has 0 saturated heterocycles. The van der Waals surface area contributed by atoms with E-state index >= 15 is 0 Å². The van der Waals surface area contributed by atoms with Crippen molar-refractivity contribution in [1.29, 1.82) is 0 Å². The first kappa shape index (κ1) is 11.6. The van der Waals surface area contributed by atoms with Crippen molar-refractivity contribution in [3.05, 3.63) is 0 Å². The summed E-state index contributed by atoms with van der Waals surface area (Å²) in [5.74, 6) is 1.89. The standard InChI is InChI=1S/C12H23Br/c1-3-7-12(13)10(2)11-8-5-4-6-9-11/h10-12H,3-9H2,1-2H3. The molecule has 0 spiro atoms. The zero-order valence-electron chi connectivity index (χ0n) is 9.06. The van der Waals surface area contributed by atoms with Gasteiger partial charge in [-0.1, -0.05) is 68.3 Å². The van der Waals surface area contributed by atoms with Gasteiger partial charge in [0.05, 0.1) is 0 Å². The van der Waals surface area contributed by atoms with Crippen LogP contribution in [0.3, 0.4) is 0 Å². The van der Waals surface area contributed by atoms with Crippen molar-refractivity contribution in [3.63, 3.8) is 0 Å². The number of hydrogen-bond acceptors (Lipinski definition) is 0. The molecule has 0 aliphatic heterocycles. The maximum atomic E-state index is 3.84. The van der Waals surface area contributed by atoms with Crippen molar-refractivity contribution >= 4 is 15.9 Å². The molecule has 2 atom stereocenters. The van der Waals surface area contributed by atoms with Gasteiger partial charge in [0.15, 0.2) is 0 Å². The van der Waals surface area contributed by atoms with Gasteiger partial charge in [0, 0.05) is 4.83 Å². The molecule has 0 heterocycles. The quantitative estimate of drug-likeness (QED) is 0.628. The lowest BCUT2D eigenvalue weighted by molar-refractivity contribution is 0.256. The summed E-state index contributed by atoms with van der Waals surface area (Å²) >= 11 is 3.84. The lowest BCUT2D eigenvalue weighted by Crippen LogP contribution is -2.23. The Hall–Kier alpha value is 0.480. The highest BCUT2D eigenvalue weighted by molar-refractivity contribution is 9.09. The molecule has 0 N–H and O–H groups in total. The SMILES string of the molecule is CCCC(Br)C(C)C1CCCCC1. The van der Waals surface area contributed by atoms with Crippen LogP contribution in [-0.4, -0.2) is 4.83 Å². The molecular weight excluding hydrogens is 224 g/mol. The van der Waals surface area contributed by atoms with E-state index in [9.17, 15) is 0 Å². The van der Waals surface area contributed by atoms with Gasteiger partial charge in [0.2, 0.25) is 0 Å². The molecule has 1 fully saturated rings. The topological polar surface area (TPSA) is 0 Å². The van der Waals surface area contributed by atoms with Crippen molar-refractivity contribution in [2.45, 2.75) is 63.6 Å². The van der Waals surface area contributed by atoms with Gasteiger partial charge in [-0.2, -0.15) is 0 Å². The minimum atomic E-state index is 0.764. The normalized spacial score (nSPS) is 24.2. The molecule has 0 aromatic rings. The Balaban J connectivity index is 2.31. The smallest absolute Gasteiger partial charge is 0.0174 e. The van der Waals surface area contributed by atoms with Crippen LogP contribution in [0.2, 0.25) is 0 Å². The molecule has 0 radical (unpaired) electrons. The van der Waals surface area contributed by atoms with Gasteiger partial charge in [0.1, 0.15) is 0 Å². The molecule has 1 saturated carbocycles. The van der Waals surface area contributed by atoms with Crippen LogP contribution in [0.1, 0.15) is 58.8 Å². The molecule has 2 unspecified atom stereocenters. The summed E-state index contributed by atoms with van der Waals surface area (Å²) in [7, 11) is 0. The highest BCUT2D eigenvalue weighted by Gasteiger charge is 2.24. The van der Waals surface area contributed by atoms with Crippen LogP contribution in [0.4, 0.5) is 0 Å². The van der Waals surface area contributed by atoms with Gasteiger partial charge in [-0.3, -0.25) is 0 Å². The van der Waals surface area contributed by atoms with Crippen molar-refractivity contribution in [1.82, 2.24) is 0 Å². The fourth-order valence-electron chi connectivity index (χ4n) is 2.49. The Morgan fingerprint density at radius 2 is 1.85 bits per heavy atom. The van der Waals surface area contributed by atoms with E-state index < -0.39 is 0 Å². The largest absolute Gasteiger partial charge is 0.0888 e. The van der Waals surface area contributed by atoms with E-state index in [-0.39, 0.29) is 0 Å². The zero-order chi connectivity index (χ0) is 9.68. The zero-order valence-corrected chi connectivity index (χ0v) is 10.6. The summed E-state index contributed by atoms with van der Waals surface area (Å²) < 4.78 is 0. The third kappa shape index (κ3) is 3.61. The van der Waals surface area contributed by atoms with E-state index in [1.165, 1.54) is 44.9 Å². The molecular formula is C12H23Br. The molecule has 0 aromatic carbocycles. The maximum absolute atomic E-state index is 3.84. The number of hydrogen-bond donors (Lipinski definition) is 0. The fourth-order valence-corrected chi connectivity index (χ4v) is 3.38. The van der Waals surface area contributed by atoms with Crippen LogP contribution in [0.5, 0.6) is 0 Å². The van der Waals surface area contributed by atoms with Gasteiger partial charge in [-0.25, -0.2) is 0 Å². The molecule has 1 aliphatic rings. The van der Waals surface area contributed by atoms with E-state index in [1.54, 1.807) is 0 Å². The van der Waals surface area contributed by atoms with Gasteiger partial charge in [-0.15, -0.1) is 0 Å². The fraction of sp³-hybridized carbons (Fsp3) is 1.00. The van der Waals surface area contributed by atoms with Crippen LogP contribution in [0.25, 0.3) is 0 Å². The van der Waals surface area contributed by atoms with Gasteiger partial charge in [-0.05, 0) is 18.3 Å². The summed E-state index contributed by atoms with van der Waals surface area (Å²) in [5, 5.41) is 0. The average Bonchev–Trinajstić information content (AvgIpc) is 2.18. The van der Waals surface area contributed by atoms with Crippen LogP contribution >= 0.6 is 15.9 Å². The molecule has 0 aromatic heterocycles. The third-order valence-corrected chi connectivity index (χ3v) is 4.82. The van der Waals surface area contributed by atoms with Gasteiger partial charge in [0.25, 0.3) is 0 Å². The van der Waals surface area contributed by atoms with Crippen LogP contribution < -0.4 is 0 Å². The third-order valence-electron chi connectivity index (χ3n) is 3.53. The highest BCUT2D eigenvalue weighted by Crippen LogP contribution is 2.35. The molecule has 1 rings (SSSR count). The number of rotatable bonds is 4. The molecule has 1 heteroatoms. The molecule has 78 valence electrons. The summed E-state index contributed by atoms with van der Waals surface area (Å²) in [6.07, 6.45) is 10.0. The highest BCUT2D eigenvalue weighted by atomic mass is 79.9. The molecule has 1 aliphatic carbocycles. The summed E-state index contributed by atoms with van der Waals surface area (Å²) in [6.45, 7) is 4.72. The Morgan fingerprint density at radius 1 is 1.23 bits per heavy atom. The first-order valence-electron chi connectivity index (χ1n) is 5.89. The van der Waals surface area contributed by atoms with Gasteiger partial charge < -0.3 is 0 Å². The van der Waals surface area contributed by atoms with Crippen LogP contribution in [0, 0.1) is 11.8 Å². The van der Waals surface area contributed by atoms with E-state index in [0.717, 1.165) is 16.7 Å². The van der Waals surface area contributed by atoms with Crippen LogP contribution in [-0.2, 0) is 0 Å². The predicted molar refractivity (Wildman–Crippen MR) is 63.4 cm³/mol. The molecule has 13 heavy (non-hydrogen) atoms. The average molecular weight is 247 g/mol. The Kier molecular flexibility index (Phi) is 5.38. The Morgan fingerprint density at radius 3 is 2.38 bits per heavy atom. The van der Waals surface area contributed by atoms with E-state index in [4.69, 9.17) is 0 Å². The second-order valence-electron chi connectivity index (χ2n) is 4.56. The lowest BCUT2D eigenvalue weighted by Gasteiger charge is -2.30. The maximum Gasteiger partial charge on any atom is 0.0174 e. The van der Waals surface area contributed by atoms with Crippen molar-refractivity contribution < 1.29 is 0 Å². The Bertz CT molecular complexity index is 127. The first-order chi connectivity index (χ1) is 6.25. The van der Waals surface area contributed by atoms with Crippen molar-refractivity contribution in [3.8, 4) is 0 Å². The number of alkyl halides is 1.